The van der Waals surface area contributed by atoms with Crippen LogP contribution in [0.15, 0.2) is 42.5 Å². The average molecular weight is 371 g/mol. The molecule has 6 nitrogen and oxygen atoms in total. The molecular formula is C21H25NO5. The molecule has 0 unspecified atom stereocenters. The standard InChI is InChI=1S/C21H25NO5/c1-4-26-18-8-5-6-9-19(18)27-13-7-10-20(23)22-17-12-11-16(14-15(17)2)21(24)25-3/h5-6,8-9,11-12,14H,4,7,10,13H2,1-3H3,(H,22,23). The Labute approximate surface area is 159 Å². The van der Waals surface area contributed by atoms with E-state index in [1.54, 1.807) is 18.2 Å². The van der Waals surface area contributed by atoms with Crippen LogP contribution in [-0.4, -0.2) is 32.2 Å². The van der Waals surface area contributed by atoms with Gasteiger partial charge in [0.25, 0.3) is 0 Å². The first-order valence-corrected chi connectivity index (χ1v) is 8.88. The Kier molecular flexibility index (Phi) is 7.67. The number of para-hydroxylation sites is 2. The molecule has 0 radical (unpaired) electrons. The molecular weight excluding hydrogens is 346 g/mol. The molecule has 0 aromatic heterocycles. The fraction of sp³-hybridized carbons (Fsp3) is 0.333. The lowest BCUT2D eigenvalue weighted by atomic mass is 10.1. The number of ether oxygens (including phenoxy) is 3. The quantitative estimate of drug-likeness (QED) is 0.533. The highest BCUT2D eigenvalue weighted by Crippen LogP contribution is 2.26. The third kappa shape index (κ3) is 6.02. The number of aryl methyl sites for hydroxylation is 1. The zero-order valence-corrected chi connectivity index (χ0v) is 15.9. The van der Waals surface area contributed by atoms with Gasteiger partial charge in [-0.15, -0.1) is 0 Å². The van der Waals surface area contributed by atoms with Gasteiger partial charge in [-0.25, -0.2) is 4.79 Å². The molecule has 0 bridgehead atoms. The van der Waals surface area contributed by atoms with E-state index in [2.05, 4.69) is 10.1 Å². The molecule has 6 heteroatoms. The number of amides is 1. The van der Waals surface area contributed by atoms with Crippen LogP contribution in [0.2, 0.25) is 0 Å². The number of nitrogens with one attached hydrogen (secondary N) is 1. The Morgan fingerprint density at radius 1 is 1.04 bits per heavy atom. The molecule has 1 N–H and O–H groups in total. The summed E-state index contributed by atoms with van der Waals surface area (Å²) in [5.74, 6) is 0.867. The van der Waals surface area contributed by atoms with Crippen molar-refractivity contribution in [2.75, 3.05) is 25.6 Å². The molecule has 0 aliphatic carbocycles. The monoisotopic (exact) mass is 371 g/mol. The Morgan fingerprint density at radius 3 is 2.37 bits per heavy atom. The van der Waals surface area contributed by atoms with Gasteiger partial charge in [0.15, 0.2) is 11.5 Å². The van der Waals surface area contributed by atoms with Gasteiger partial charge in [0.2, 0.25) is 5.91 Å². The number of hydrogen-bond donors (Lipinski definition) is 1. The summed E-state index contributed by atoms with van der Waals surface area (Å²) in [5.41, 5.74) is 1.93. The maximum absolute atomic E-state index is 12.1. The van der Waals surface area contributed by atoms with Crippen LogP contribution in [0.4, 0.5) is 5.69 Å². The molecule has 0 saturated carbocycles. The van der Waals surface area contributed by atoms with E-state index in [4.69, 9.17) is 9.47 Å². The number of carbonyl (C=O) groups is 2. The molecule has 0 spiro atoms. The van der Waals surface area contributed by atoms with E-state index in [1.807, 2.05) is 38.1 Å². The lowest BCUT2D eigenvalue weighted by molar-refractivity contribution is -0.116. The summed E-state index contributed by atoms with van der Waals surface area (Å²) in [6.45, 7) is 4.73. The minimum atomic E-state index is -0.402. The number of esters is 1. The van der Waals surface area contributed by atoms with Crippen molar-refractivity contribution in [3.8, 4) is 11.5 Å². The lowest BCUT2D eigenvalue weighted by Gasteiger charge is -2.12. The topological polar surface area (TPSA) is 73.9 Å². The Hall–Kier alpha value is -3.02. The molecule has 2 aromatic rings. The molecule has 0 fully saturated rings. The number of anilines is 1. The predicted molar refractivity (Wildman–Crippen MR) is 103 cm³/mol. The molecule has 2 rings (SSSR count). The van der Waals surface area contributed by atoms with Gasteiger partial charge in [-0.2, -0.15) is 0 Å². The van der Waals surface area contributed by atoms with Crippen LogP contribution in [-0.2, 0) is 9.53 Å². The summed E-state index contributed by atoms with van der Waals surface area (Å²) < 4.78 is 15.9. The van der Waals surface area contributed by atoms with E-state index in [9.17, 15) is 9.59 Å². The van der Waals surface area contributed by atoms with E-state index in [-0.39, 0.29) is 5.91 Å². The van der Waals surface area contributed by atoms with Crippen LogP contribution in [0.1, 0.15) is 35.7 Å². The third-order valence-electron chi connectivity index (χ3n) is 3.88. The molecule has 0 saturated heterocycles. The summed E-state index contributed by atoms with van der Waals surface area (Å²) >= 11 is 0. The van der Waals surface area contributed by atoms with Crippen LogP contribution >= 0.6 is 0 Å². The minimum absolute atomic E-state index is 0.106. The van der Waals surface area contributed by atoms with Gasteiger partial charge >= 0.3 is 5.97 Å². The predicted octanol–water partition coefficient (Wildman–Crippen LogP) is 3.98. The van der Waals surface area contributed by atoms with Crippen molar-refractivity contribution in [1.29, 1.82) is 0 Å². The third-order valence-corrected chi connectivity index (χ3v) is 3.88. The van der Waals surface area contributed by atoms with E-state index < -0.39 is 5.97 Å². The Bertz CT molecular complexity index is 788. The van der Waals surface area contributed by atoms with Gasteiger partial charge < -0.3 is 19.5 Å². The smallest absolute Gasteiger partial charge is 0.337 e. The van der Waals surface area contributed by atoms with Crippen molar-refractivity contribution in [2.24, 2.45) is 0 Å². The summed E-state index contributed by atoms with van der Waals surface area (Å²) in [6.07, 6.45) is 0.903. The molecule has 144 valence electrons. The van der Waals surface area contributed by atoms with Gasteiger partial charge in [-0.3, -0.25) is 4.79 Å². The molecule has 0 aliphatic rings. The van der Waals surface area contributed by atoms with E-state index >= 15 is 0 Å². The molecule has 0 aliphatic heterocycles. The minimum Gasteiger partial charge on any atom is -0.490 e. The highest BCUT2D eigenvalue weighted by atomic mass is 16.5. The molecule has 27 heavy (non-hydrogen) atoms. The van der Waals surface area contributed by atoms with Gasteiger partial charge in [-0.1, -0.05) is 12.1 Å². The normalized spacial score (nSPS) is 10.2. The summed E-state index contributed by atoms with van der Waals surface area (Å²) in [6, 6.07) is 12.5. The number of methoxy groups -OCH3 is 1. The van der Waals surface area contributed by atoms with Crippen molar-refractivity contribution in [3.05, 3.63) is 53.6 Å². The molecule has 1 amide bonds. The van der Waals surface area contributed by atoms with Crippen molar-refractivity contribution in [1.82, 2.24) is 0 Å². The largest absolute Gasteiger partial charge is 0.490 e. The second kappa shape index (κ2) is 10.2. The maximum atomic E-state index is 12.1. The fourth-order valence-electron chi connectivity index (χ4n) is 2.52. The number of benzene rings is 2. The Balaban J connectivity index is 1.81. The van der Waals surface area contributed by atoms with E-state index in [0.717, 1.165) is 5.56 Å². The SMILES string of the molecule is CCOc1ccccc1OCCCC(=O)Nc1ccc(C(=O)OC)cc1C. The van der Waals surface area contributed by atoms with Crippen LogP contribution in [0.3, 0.4) is 0 Å². The zero-order chi connectivity index (χ0) is 19.6. The van der Waals surface area contributed by atoms with Crippen molar-refractivity contribution >= 4 is 17.6 Å². The van der Waals surface area contributed by atoms with Gasteiger partial charge in [0, 0.05) is 12.1 Å². The lowest BCUT2D eigenvalue weighted by Crippen LogP contribution is -2.14. The van der Waals surface area contributed by atoms with Gasteiger partial charge in [0.05, 0.1) is 25.9 Å². The molecule has 2 aromatic carbocycles. The second-order valence-electron chi connectivity index (χ2n) is 5.90. The number of carbonyl (C=O) groups excluding carboxylic acids is 2. The summed E-state index contributed by atoms with van der Waals surface area (Å²) in [7, 11) is 1.34. The Morgan fingerprint density at radius 2 is 1.74 bits per heavy atom. The second-order valence-corrected chi connectivity index (χ2v) is 5.90. The maximum Gasteiger partial charge on any atom is 0.337 e. The van der Waals surface area contributed by atoms with E-state index in [0.29, 0.717) is 48.8 Å². The summed E-state index contributed by atoms with van der Waals surface area (Å²) in [4.78, 5) is 23.7. The van der Waals surface area contributed by atoms with Crippen molar-refractivity contribution < 1.29 is 23.8 Å². The van der Waals surface area contributed by atoms with Crippen LogP contribution < -0.4 is 14.8 Å². The highest BCUT2D eigenvalue weighted by molar-refractivity contribution is 5.94. The van der Waals surface area contributed by atoms with Gasteiger partial charge in [0.1, 0.15) is 0 Å². The van der Waals surface area contributed by atoms with E-state index in [1.165, 1.54) is 7.11 Å². The highest BCUT2D eigenvalue weighted by Gasteiger charge is 2.10. The van der Waals surface area contributed by atoms with Crippen LogP contribution in [0.5, 0.6) is 11.5 Å². The molecule has 0 atom stereocenters. The summed E-state index contributed by atoms with van der Waals surface area (Å²) in [5, 5.41) is 2.85. The van der Waals surface area contributed by atoms with Crippen molar-refractivity contribution in [2.45, 2.75) is 26.7 Å². The van der Waals surface area contributed by atoms with Gasteiger partial charge in [-0.05, 0) is 56.2 Å². The molecule has 0 heterocycles. The number of rotatable bonds is 9. The zero-order valence-electron chi connectivity index (χ0n) is 15.9. The van der Waals surface area contributed by atoms with Crippen LogP contribution in [0, 0.1) is 6.92 Å². The first-order valence-electron chi connectivity index (χ1n) is 8.88. The first-order chi connectivity index (χ1) is 13.0. The average Bonchev–Trinajstić information content (AvgIpc) is 2.67. The first kappa shape index (κ1) is 20.3. The fourth-order valence-corrected chi connectivity index (χ4v) is 2.52. The van der Waals surface area contributed by atoms with Crippen LogP contribution in [0.25, 0.3) is 0 Å². The number of hydrogen-bond acceptors (Lipinski definition) is 5. The van der Waals surface area contributed by atoms with Crippen molar-refractivity contribution in [3.63, 3.8) is 0 Å².